The lowest BCUT2D eigenvalue weighted by atomic mass is 9.93. The number of methoxy groups -OCH3 is 2. The molecule has 0 aliphatic carbocycles. The van der Waals surface area contributed by atoms with Gasteiger partial charge in [0.05, 0.1) is 0 Å². The van der Waals surface area contributed by atoms with Crippen molar-refractivity contribution in [1.29, 1.82) is 0 Å². The molecular weight excluding hydrogens is 200 g/mol. The first-order valence-electron chi connectivity index (χ1n) is 5.70. The molecule has 0 fully saturated rings. The lowest BCUT2D eigenvalue weighted by molar-refractivity contribution is -0.191. The maximum Gasteiger partial charge on any atom is 0.168 e. The second-order valence-corrected chi connectivity index (χ2v) is 4.57. The van der Waals surface area contributed by atoms with Crippen molar-refractivity contribution in [2.75, 3.05) is 14.2 Å². The highest BCUT2D eigenvalue weighted by atomic mass is 16.7. The Morgan fingerprint density at radius 3 is 2.19 bits per heavy atom. The predicted molar refractivity (Wildman–Crippen MR) is 66.7 cm³/mol. The lowest BCUT2D eigenvalue weighted by Gasteiger charge is -2.28. The first-order valence-corrected chi connectivity index (χ1v) is 5.70. The van der Waals surface area contributed by atoms with Crippen LogP contribution in [0.3, 0.4) is 0 Å². The molecule has 2 nitrogen and oxygen atoms in total. The Hall–Kier alpha value is -0.860. The summed E-state index contributed by atoms with van der Waals surface area (Å²) < 4.78 is 10.8. The van der Waals surface area contributed by atoms with E-state index < -0.39 is 5.79 Å². The van der Waals surface area contributed by atoms with Gasteiger partial charge in [0.25, 0.3) is 0 Å². The molecule has 2 heteroatoms. The van der Waals surface area contributed by atoms with Gasteiger partial charge in [-0.3, -0.25) is 0 Å². The number of ether oxygens (including phenoxy) is 2. The largest absolute Gasteiger partial charge is 0.353 e. The minimum Gasteiger partial charge on any atom is -0.353 e. The molecule has 0 bridgehead atoms. The minimum atomic E-state index is -0.537. The van der Waals surface area contributed by atoms with Crippen molar-refractivity contribution in [3.63, 3.8) is 0 Å². The molecule has 0 aliphatic heterocycles. The van der Waals surface area contributed by atoms with E-state index in [1.165, 1.54) is 11.1 Å². The summed E-state index contributed by atoms with van der Waals surface area (Å²) in [4.78, 5) is 0. The zero-order valence-electron chi connectivity index (χ0n) is 10.9. The van der Waals surface area contributed by atoms with Crippen LogP contribution in [-0.4, -0.2) is 20.0 Å². The topological polar surface area (TPSA) is 18.5 Å². The average Bonchev–Trinajstić information content (AvgIpc) is 2.29. The first-order chi connectivity index (χ1) is 7.52. The van der Waals surface area contributed by atoms with Crippen LogP contribution in [0.5, 0.6) is 0 Å². The third-order valence-corrected chi connectivity index (χ3v) is 3.05. The summed E-state index contributed by atoms with van der Waals surface area (Å²) in [5.74, 6) is -0.0143. The summed E-state index contributed by atoms with van der Waals surface area (Å²) in [6, 6.07) is 8.46. The second-order valence-electron chi connectivity index (χ2n) is 4.57. The number of hydrogen-bond acceptors (Lipinski definition) is 2. The van der Waals surface area contributed by atoms with Crippen molar-refractivity contribution in [1.82, 2.24) is 0 Å². The number of benzene rings is 1. The van der Waals surface area contributed by atoms with Gasteiger partial charge in [0, 0.05) is 20.6 Å². The van der Waals surface area contributed by atoms with Crippen LogP contribution in [0.25, 0.3) is 0 Å². The standard InChI is InChI=1S/C14H22O2/c1-11(2)13-9-7-6-8-12(13)10-14(3,15-4)16-5/h6-9,11H,10H2,1-5H3. The van der Waals surface area contributed by atoms with Crippen molar-refractivity contribution in [2.45, 2.75) is 38.9 Å². The van der Waals surface area contributed by atoms with E-state index >= 15 is 0 Å². The van der Waals surface area contributed by atoms with Gasteiger partial charge in [0.2, 0.25) is 0 Å². The summed E-state index contributed by atoms with van der Waals surface area (Å²) >= 11 is 0. The quantitative estimate of drug-likeness (QED) is 0.711. The molecule has 16 heavy (non-hydrogen) atoms. The monoisotopic (exact) mass is 222 g/mol. The van der Waals surface area contributed by atoms with Crippen LogP contribution in [0, 0.1) is 0 Å². The molecule has 0 aliphatic rings. The Labute approximate surface area is 98.6 Å². The molecule has 0 spiro atoms. The maximum absolute atomic E-state index is 5.40. The van der Waals surface area contributed by atoms with Gasteiger partial charge >= 0.3 is 0 Å². The Kier molecular flexibility index (Phi) is 4.51. The van der Waals surface area contributed by atoms with Crippen LogP contribution in [0.2, 0.25) is 0 Å². The van der Waals surface area contributed by atoms with Gasteiger partial charge in [0.1, 0.15) is 0 Å². The van der Waals surface area contributed by atoms with E-state index in [0.717, 1.165) is 6.42 Å². The summed E-state index contributed by atoms with van der Waals surface area (Å²) in [5.41, 5.74) is 2.66. The molecule has 0 unspecified atom stereocenters. The van der Waals surface area contributed by atoms with Crippen molar-refractivity contribution >= 4 is 0 Å². The molecule has 90 valence electrons. The van der Waals surface area contributed by atoms with Gasteiger partial charge in [-0.1, -0.05) is 38.1 Å². The molecule has 0 atom stereocenters. The van der Waals surface area contributed by atoms with Crippen molar-refractivity contribution < 1.29 is 9.47 Å². The fourth-order valence-electron chi connectivity index (χ4n) is 1.83. The van der Waals surface area contributed by atoms with Gasteiger partial charge in [-0.2, -0.15) is 0 Å². The fourth-order valence-corrected chi connectivity index (χ4v) is 1.83. The molecule has 0 heterocycles. The first kappa shape index (κ1) is 13.2. The lowest BCUT2D eigenvalue weighted by Crippen LogP contribution is -2.32. The van der Waals surface area contributed by atoms with Gasteiger partial charge < -0.3 is 9.47 Å². The predicted octanol–water partition coefficient (Wildman–Crippen LogP) is 3.36. The smallest absolute Gasteiger partial charge is 0.168 e. The van der Waals surface area contributed by atoms with Crippen molar-refractivity contribution in [2.24, 2.45) is 0 Å². The van der Waals surface area contributed by atoms with Crippen LogP contribution < -0.4 is 0 Å². The molecule has 1 aromatic carbocycles. The SMILES string of the molecule is COC(C)(Cc1ccccc1C(C)C)OC. The third kappa shape index (κ3) is 3.06. The van der Waals surface area contributed by atoms with Gasteiger partial charge in [-0.15, -0.1) is 0 Å². The third-order valence-electron chi connectivity index (χ3n) is 3.05. The second kappa shape index (κ2) is 5.46. The van der Waals surface area contributed by atoms with Gasteiger partial charge in [-0.05, 0) is 24.0 Å². The molecule has 0 aromatic heterocycles. The highest BCUT2D eigenvalue weighted by molar-refractivity contribution is 5.30. The Morgan fingerprint density at radius 2 is 1.69 bits per heavy atom. The van der Waals surface area contributed by atoms with Crippen LogP contribution in [0.1, 0.15) is 37.8 Å². The normalized spacial score (nSPS) is 12.1. The molecule has 0 saturated carbocycles. The fraction of sp³-hybridized carbons (Fsp3) is 0.571. The highest BCUT2D eigenvalue weighted by Gasteiger charge is 2.24. The Bertz CT molecular complexity index is 327. The highest BCUT2D eigenvalue weighted by Crippen LogP contribution is 2.25. The van der Waals surface area contributed by atoms with Crippen LogP contribution in [-0.2, 0) is 15.9 Å². The Morgan fingerprint density at radius 1 is 1.12 bits per heavy atom. The van der Waals surface area contributed by atoms with Crippen LogP contribution >= 0.6 is 0 Å². The summed E-state index contributed by atoms with van der Waals surface area (Å²) in [6.45, 7) is 6.37. The van der Waals surface area contributed by atoms with Crippen LogP contribution in [0.4, 0.5) is 0 Å². The summed E-state index contributed by atoms with van der Waals surface area (Å²) in [6.07, 6.45) is 0.772. The van der Waals surface area contributed by atoms with E-state index in [0.29, 0.717) is 5.92 Å². The van der Waals surface area contributed by atoms with E-state index in [4.69, 9.17) is 9.47 Å². The Balaban J connectivity index is 2.96. The summed E-state index contributed by atoms with van der Waals surface area (Å²) in [5, 5.41) is 0. The number of hydrogen-bond donors (Lipinski definition) is 0. The minimum absolute atomic E-state index is 0.522. The zero-order valence-corrected chi connectivity index (χ0v) is 10.9. The van der Waals surface area contributed by atoms with E-state index in [1.54, 1.807) is 14.2 Å². The van der Waals surface area contributed by atoms with E-state index in [9.17, 15) is 0 Å². The zero-order chi connectivity index (χ0) is 12.2. The van der Waals surface area contributed by atoms with Crippen LogP contribution in [0.15, 0.2) is 24.3 Å². The molecule has 0 radical (unpaired) electrons. The molecule has 0 amide bonds. The molecule has 1 rings (SSSR count). The van der Waals surface area contributed by atoms with Crippen molar-refractivity contribution in [3.05, 3.63) is 35.4 Å². The van der Waals surface area contributed by atoms with E-state index in [2.05, 4.69) is 38.1 Å². The van der Waals surface area contributed by atoms with E-state index in [-0.39, 0.29) is 0 Å². The van der Waals surface area contributed by atoms with Gasteiger partial charge in [-0.25, -0.2) is 0 Å². The number of rotatable bonds is 5. The molecule has 1 aromatic rings. The molecule has 0 N–H and O–H groups in total. The van der Waals surface area contributed by atoms with E-state index in [1.807, 2.05) is 6.92 Å². The van der Waals surface area contributed by atoms with Crippen molar-refractivity contribution in [3.8, 4) is 0 Å². The molecular formula is C14H22O2. The average molecular weight is 222 g/mol. The molecule has 0 saturated heterocycles. The van der Waals surface area contributed by atoms with Gasteiger partial charge in [0.15, 0.2) is 5.79 Å². The maximum atomic E-state index is 5.40. The summed E-state index contributed by atoms with van der Waals surface area (Å²) in [7, 11) is 3.36.